The largest absolute Gasteiger partial charge is 0.388 e. The molecule has 5 nitrogen and oxygen atoms in total. The minimum atomic E-state index is -1.03. The third kappa shape index (κ3) is 6.33. The number of hydrogen-bond acceptors (Lipinski definition) is 5. The predicted molar refractivity (Wildman–Crippen MR) is 76.5 cm³/mol. The summed E-state index contributed by atoms with van der Waals surface area (Å²) in [5, 5.41) is 28.7. The first kappa shape index (κ1) is 17.6. The topological polar surface area (TPSA) is 79.2 Å². The van der Waals surface area contributed by atoms with Gasteiger partial charge in [0.05, 0.1) is 13.2 Å². The molecule has 0 saturated carbocycles. The zero-order valence-electron chi connectivity index (χ0n) is 12.3. The van der Waals surface area contributed by atoms with E-state index in [1.54, 1.807) is 0 Å². The van der Waals surface area contributed by atoms with Crippen LogP contribution in [0.15, 0.2) is 12.2 Å². The first-order valence-corrected chi connectivity index (χ1v) is 7.55. The molecule has 1 heterocycles. The van der Waals surface area contributed by atoms with Crippen molar-refractivity contribution in [3.05, 3.63) is 12.2 Å². The molecule has 1 fully saturated rings. The van der Waals surface area contributed by atoms with Crippen LogP contribution in [0.1, 0.15) is 39.0 Å². The van der Waals surface area contributed by atoms with Crippen LogP contribution in [0.3, 0.4) is 0 Å². The molecule has 0 aliphatic carbocycles. The highest BCUT2D eigenvalue weighted by Crippen LogP contribution is 2.17. The molecule has 0 amide bonds. The van der Waals surface area contributed by atoms with Gasteiger partial charge in [0, 0.05) is 6.61 Å². The highest BCUT2D eigenvalue weighted by molar-refractivity contribution is 4.87. The van der Waals surface area contributed by atoms with Crippen molar-refractivity contribution < 1.29 is 24.8 Å². The second-order valence-electron chi connectivity index (χ2n) is 5.23. The van der Waals surface area contributed by atoms with Crippen molar-refractivity contribution in [2.75, 3.05) is 19.8 Å². The summed E-state index contributed by atoms with van der Waals surface area (Å²) in [6, 6.07) is 0. The van der Waals surface area contributed by atoms with Gasteiger partial charge in [0.25, 0.3) is 0 Å². The van der Waals surface area contributed by atoms with Crippen LogP contribution in [0.2, 0.25) is 0 Å². The van der Waals surface area contributed by atoms with Crippen molar-refractivity contribution in [1.82, 2.24) is 0 Å². The molecule has 0 radical (unpaired) electrons. The molecule has 118 valence electrons. The lowest BCUT2D eigenvalue weighted by atomic mass is 10.1. The number of hydrogen-bond donors (Lipinski definition) is 3. The smallest absolute Gasteiger partial charge is 0.114 e. The molecule has 3 N–H and O–H groups in total. The Bertz CT molecular complexity index is 269. The Hall–Kier alpha value is -0.460. The van der Waals surface area contributed by atoms with Gasteiger partial charge in [-0.2, -0.15) is 0 Å². The van der Waals surface area contributed by atoms with Crippen molar-refractivity contribution in [2.24, 2.45) is 0 Å². The average Bonchev–Trinajstić information content (AvgIpc) is 2.77. The van der Waals surface area contributed by atoms with Crippen LogP contribution in [0.4, 0.5) is 0 Å². The van der Waals surface area contributed by atoms with Crippen LogP contribution < -0.4 is 0 Å². The number of unbranched alkanes of at least 4 members (excludes halogenated alkanes) is 3. The van der Waals surface area contributed by atoms with Crippen LogP contribution in [0, 0.1) is 0 Å². The van der Waals surface area contributed by atoms with Crippen LogP contribution in [0.25, 0.3) is 0 Å². The lowest BCUT2D eigenvalue weighted by Gasteiger charge is -2.20. The van der Waals surface area contributed by atoms with Crippen LogP contribution in [0.5, 0.6) is 0 Å². The summed E-state index contributed by atoms with van der Waals surface area (Å²) in [5.41, 5.74) is 0. The Balaban J connectivity index is 1.97. The van der Waals surface area contributed by atoms with Crippen molar-refractivity contribution in [3.8, 4) is 0 Å². The Morgan fingerprint density at radius 2 is 2.05 bits per heavy atom. The number of rotatable bonds is 10. The van der Waals surface area contributed by atoms with E-state index < -0.39 is 24.4 Å². The molecule has 5 heteroatoms. The summed E-state index contributed by atoms with van der Waals surface area (Å²) in [7, 11) is 0. The lowest BCUT2D eigenvalue weighted by molar-refractivity contribution is -0.0813. The normalized spacial score (nSPS) is 28.3. The van der Waals surface area contributed by atoms with Crippen molar-refractivity contribution in [1.29, 1.82) is 0 Å². The fraction of sp³-hybridized carbons (Fsp3) is 0.867. The Kier molecular flexibility index (Phi) is 9.05. The molecule has 0 aromatic rings. The first-order chi connectivity index (χ1) is 9.66. The average molecular weight is 288 g/mol. The molecule has 0 spiro atoms. The number of aliphatic hydroxyl groups excluding tert-OH is 3. The van der Waals surface area contributed by atoms with E-state index in [2.05, 4.69) is 19.1 Å². The van der Waals surface area contributed by atoms with E-state index in [-0.39, 0.29) is 13.2 Å². The number of ether oxygens (including phenoxy) is 2. The van der Waals surface area contributed by atoms with E-state index >= 15 is 0 Å². The fourth-order valence-corrected chi connectivity index (χ4v) is 2.19. The van der Waals surface area contributed by atoms with E-state index in [1.165, 1.54) is 0 Å². The molecule has 1 aliphatic heterocycles. The lowest BCUT2D eigenvalue weighted by Crippen LogP contribution is -2.40. The van der Waals surface area contributed by atoms with Gasteiger partial charge in [0.15, 0.2) is 0 Å². The second-order valence-corrected chi connectivity index (χ2v) is 5.23. The van der Waals surface area contributed by atoms with Gasteiger partial charge in [0.2, 0.25) is 0 Å². The van der Waals surface area contributed by atoms with Gasteiger partial charge in [-0.25, -0.2) is 0 Å². The molecular formula is C15H28O5. The molecule has 0 bridgehead atoms. The van der Waals surface area contributed by atoms with Crippen molar-refractivity contribution in [2.45, 2.75) is 63.4 Å². The maximum Gasteiger partial charge on any atom is 0.114 e. The quantitative estimate of drug-likeness (QED) is 0.413. The van der Waals surface area contributed by atoms with Gasteiger partial charge in [-0.3, -0.25) is 0 Å². The summed E-state index contributed by atoms with van der Waals surface area (Å²) < 4.78 is 10.5. The minimum absolute atomic E-state index is 0.0637. The van der Waals surface area contributed by atoms with E-state index in [4.69, 9.17) is 9.47 Å². The monoisotopic (exact) mass is 288 g/mol. The summed E-state index contributed by atoms with van der Waals surface area (Å²) in [5.74, 6) is 0. The third-order valence-corrected chi connectivity index (χ3v) is 3.42. The number of allylic oxidation sites excluding steroid dienone is 2. The molecule has 1 saturated heterocycles. The summed E-state index contributed by atoms with van der Waals surface area (Å²) in [6.07, 6.45) is 6.21. The third-order valence-electron chi connectivity index (χ3n) is 3.42. The highest BCUT2D eigenvalue weighted by Gasteiger charge is 2.39. The van der Waals surface area contributed by atoms with E-state index in [0.717, 1.165) is 32.1 Å². The van der Waals surface area contributed by atoms with Crippen LogP contribution in [-0.2, 0) is 9.47 Å². The molecule has 0 aromatic heterocycles. The van der Waals surface area contributed by atoms with E-state index in [9.17, 15) is 15.3 Å². The van der Waals surface area contributed by atoms with Crippen LogP contribution >= 0.6 is 0 Å². The van der Waals surface area contributed by atoms with E-state index in [1.807, 2.05) is 0 Å². The predicted octanol–water partition coefficient (Wildman–Crippen LogP) is 1.01. The molecule has 1 rings (SSSR count). The SMILES string of the molecule is CC/C=C/CCCCCOC[C@@H](O)[C@@H]1OC[C@H](O)[C@@H]1O. The zero-order chi connectivity index (χ0) is 14.8. The summed E-state index contributed by atoms with van der Waals surface area (Å²) >= 11 is 0. The van der Waals surface area contributed by atoms with Gasteiger partial charge in [-0.1, -0.05) is 25.5 Å². The van der Waals surface area contributed by atoms with Crippen LogP contribution in [-0.4, -0.2) is 59.6 Å². The van der Waals surface area contributed by atoms with Gasteiger partial charge >= 0.3 is 0 Å². The highest BCUT2D eigenvalue weighted by atomic mass is 16.5. The van der Waals surface area contributed by atoms with E-state index in [0.29, 0.717) is 6.61 Å². The molecule has 4 atom stereocenters. The van der Waals surface area contributed by atoms with Gasteiger partial charge in [-0.05, 0) is 25.7 Å². The minimum Gasteiger partial charge on any atom is -0.388 e. The fourth-order valence-electron chi connectivity index (χ4n) is 2.19. The van der Waals surface area contributed by atoms with Gasteiger partial charge < -0.3 is 24.8 Å². The maximum atomic E-state index is 9.81. The Morgan fingerprint density at radius 1 is 1.25 bits per heavy atom. The number of aliphatic hydroxyl groups is 3. The summed E-state index contributed by atoms with van der Waals surface area (Å²) in [4.78, 5) is 0. The summed E-state index contributed by atoms with van der Waals surface area (Å²) in [6.45, 7) is 2.91. The molecular weight excluding hydrogens is 260 g/mol. The second kappa shape index (κ2) is 10.3. The van der Waals surface area contributed by atoms with Crippen molar-refractivity contribution in [3.63, 3.8) is 0 Å². The van der Waals surface area contributed by atoms with Gasteiger partial charge in [0.1, 0.15) is 24.4 Å². The molecule has 0 aromatic carbocycles. The van der Waals surface area contributed by atoms with Crippen molar-refractivity contribution >= 4 is 0 Å². The molecule has 0 unspecified atom stereocenters. The maximum absolute atomic E-state index is 9.81. The molecule has 1 aliphatic rings. The first-order valence-electron chi connectivity index (χ1n) is 7.55. The molecule has 20 heavy (non-hydrogen) atoms. The zero-order valence-corrected chi connectivity index (χ0v) is 12.3. The Labute approximate surface area is 121 Å². The standard InChI is InChI=1S/C15H28O5/c1-2-3-4-5-6-7-8-9-19-10-13(17)15-14(18)12(16)11-20-15/h3-4,12-18H,2,5-11H2,1H3/b4-3+/t12-,13+,14-,15-/m0/s1. The Morgan fingerprint density at radius 3 is 2.70 bits per heavy atom. The van der Waals surface area contributed by atoms with Gasteiger partial charge in [-0.15, -0.1) is 0 Å².